The molecule has 1 aromatic rings. The predicted octanol–water partition coefficient (Wildman–Crippen LogP) is 1.84. The van der Waals surface area contributed by atoms with Crippen molar-refractivity contribution in [1.82, 2.24) is 5.32 Å². The van der Waals surface area contributed by atoms with Crippen molar-refractivity contribution in [2.45, 2.75) is 12.9 Å². The first kappa shape index (κ1) is 15.5. The van der Waals surface area contributed by atoms with Crippen LogP contribution in [0.5, 0.6) is 5.75 Å². The van der Waals surface area contributed by atoms with Gasteiger partial charge in [-0.05, 0) is 6.07 Å². The van der Waals surface area contributed by atoms with Crippen molar-refractivity contribution in [3.63, 3.8) is 0 Å². The first-order valence-corrected chi connectivity index (χ1v) is 5.30. The molecule has 0 aliphatic rings. The summed E-state index contributed by atoms with van der Waals surface area (Å²) in [4.78, 5) is 21.4. The van der Waals surface area contributed by atoms with Crippen LogP contribution < -0.4 is 10.1 Å². The number of carbonyl (C=O) groups is 2. The van der Waals surface area contributed by atoms with Gasteiger partial charge in [0.1, 0.15) is 5.75 Å². The van der Waals surface area contributed by atoms with Crippen molar-refractivity contribution >= 4 is 11.9 Å². The molecule has 1 aromatic carbocycles. The second-order valence-electron chi connectivity index (χ2n) is 3.54. The number of benzene rings is 1. The zero-order valence-electron chi connectivity index (χ0n) is 9.98. The van der Waals surface area contributed by atoms with Gasteiger partial charge < -0.3 is 15.2 Å². The lowest BCUT2D eigenvalue weighted by molar-refractivity contribution is -0.274. The molecule has 0 spiro atoms. The third-order valence-corrected chi connectivity index (χ3v) is 2.03. The molecule has 0 aliphatic carbocycles. The number of hydrogen-bond acceptors (Lipinski definition) is 3. The maximum atomic E-state index is 12.1. The Balaban J connectivity index is 2.69. The molecule has 0 aliphatic heterocycles. The minimum absolute atomic E-state index is 0.113. The number of halogens is 3. The topological polar surface area (TPSA) is 75.6 Å². The van der Waals surface area contributed by atoms with Gasteiger partial charge in [-0.25, -0.2) is 4.79 Å². The smallest absolute Gasteiger partial charge is 0.478 e. The molecule has 0 saturated carbocycles. The van der Waals surface area contributed by atoms with Crippen molar-refractivity contribution in [2.75, 3.05) is 0 Å². The number of nitrogens with one attached hydrogen (secondary N) is 1. The molecule has 0 saturated heterocycles. The second-order valence-corrected chi connectivity index (χ2v) is 3.54. The Hall–Kier alpha value is -2.51. The van der Waals surface area contributed by atoms with Gasteiger partial charge in [-0.2, -0.15) is 0 Å². The Morgan fingerprint density at radius 3 is 2.50 bits per heavy atom. The Morgan fingerprint density at radius 2 is 1.90 bits per heavy atom. The summed E-state index contributed by atoms with van der Waals surface area (Å²) in [5.74, 6) is -2.47. The van der Waals surface area contributed by atoms with Crippen LogP contribution >= 0.6 is 0 Å². The van der Waals surface area contributed by atoms with Crippen LogP contribution in [0, 0.1) is 0 Å². The number of hydrogen-bond donors (Lipinski definition) is 2. The van der Waals surface area contributed by atoms with E-state index in [2.05, 4.69) is 10.1 Å². The maximum absolute atomic E-state index is 12.1. The third-order valence-electron chi connectivity index (χ3n) is 2.03. The van der Waals surface area contributed by atoms with Gasteiger partial charge in [0.25, 0.3) is 0 Å². The molecule has 0 radical (unpaired) electrons. The van der Waals surface area contributed by atoms with Gasteiger partial charge >= 0.3 is 12.3 Å². The summed E-state index contributed by atoms with van der Waals surface area (Å²) >= 11 is 0. The lowest BCUT2D eigenvalue weighted by Gasteiger charge is -2.13. The zero-order chi connectivity index (χ0) is 15.2. The summed E-state index contributed by atoms with van der Waals surface area (Å²) in [7, 11) is 0. The lowest BCUT2D eigenvalue weighted by Crippen LogP contribution is -2.23. The van der Waals surface area contributed by atoms with Crippen LogP contribution in [-0.2, 0) is 16.1 Å². The number of amides is 1. The summed E-state index contributed by atoms with van der Waals surface area (Å²) in [6, 6.07) is 5.30. The van der Waals surface area contributed by atoms with Crippen LogP contribution in [0.1, 0.15) is 5.56 Å². The Kier molecular flexibility index (Phi) is 5.13. The van der Waals surface area contributed by atoms with E-state index in [1.54, 1.807) is 0 Å². The van der Waals surface area contributed by atoms with Crippen molar-refractivity contribution in [1.29, 1.82) is 0 Å². The zero-order valence-corrected chi connectivity index (χ0v) is 9.98. The number of aliphatic carboxylic acids is 1. The normalized spacial score (nSPS) is 11.3. The quantitative estimate of drug-likeness (QED) is 0.811. The molecule has 0 heterocycles. The highest BCUT2D eigenvalue weighted by atomic mass is 19.4. The van der Waals surface area contributed by atoms with Crippen LogP contribution in [0.4, 0.5) is 13.2 Å². The first-order valence-electron chi connectivity index (χ1n) is 5.30. The molecule has 20 heavy (non-hydrogen) atoms. The first-order chi connectivity index (χ1) is 9.28. The minimum atomic E-state index is -4.83. The van der Waals surface area contributed by atoms with Gasteiger partial charge in [-0.15, -0.1) is 13.2 Å². The molecule has 0 atom stereocenters. The van der Waals surface area contributed by atoms with E-state index in [0.29, 0.717) is 6.08 Å². The number of carboxylic acids is 1. The summed E-state index contributed by atoms with van der Waals surface area (Å²) in [6.07, 6.45) is -3.45. The highest BCUT2D eigenvalue weighted by Crippen LogP contribution is 2.25. The van der Waals surface area contributed by atoms with Gasteiger partial charge in [-0.1, -0.05) is 18.2 Å². The SMILES string of the molecule is O=C(O)/C=C/C(=O)NCc1ccccc1OC(F)(F)F. The molecule has 8 heteroatoms. The van der Waals surface area contributed by atoms with E-state index in [9.17, 15) is 22.8 Å². The van der Waals surface area contributed by atoms with Gasteiger partial charge in [0, 0.05) is 24.3 Å². The van der Waals surface area contributed by atoms with E-state index in [1.165, 1.54) is 18.2 Å². The standard InChI is InChI=1S/C12H10F3NO4/c13-12(14,15)20-9-4-2-1-3-8(9)7-16-10(17)5-6-11(18)19/h1-6H,7H2,(H,16,17)(H,18,19)/b6-5+. The van der Waals surface area contributed by atoms with E-state index >= 15 is 0 Å². The van der Waals surface area contributed by atoms with Gasteiger partial charge in [0.2, 0.25) is 5.91 Å². The molecule has 1 amide bonds. The van der Waals surface area contributed by atoms with Crippen LogP contribution in [0.3, 0.4) is 0 Å². The summed E-state index contributed by atoms with van der Waals surface area (Å²) in [5, 5.41) is 10.6. The Morgan fingerprint density at radius 1 is 1.25 bits per heavy atom. The summed E-state index contributed by atoms with van der Waals surface area (Å²) in [6.45, 7) is -0.227. The number of carboxylic acid groups (broad SMARTS) is 1. The van der Waals surface area contributed by atoms with Crippen LogP contribution in [-0.4, -0.2) is 23.3 Å². The monoisotopic (exact) mass is 289 g/mol. The van der Waals surface area contributed by atoms with Crippen molar-refractivity contribution in [3.05, 3.63) is 42.0 Å². The molecule has 0 aromatic heterocycles. The Bertz CT molecular complexity index is 526. The average molecular weight is 289 g/mol. The Labute approximate surface area is 111 Å². The van der Waals surface area contributed by atoms with Gasteiger partial charge in [0.15, 0.2) is 0 Å². The molecule has 5 nitrogen and oxygen atoms in total. The largest absolute Gasteiger partial charge is 0.573 e. The average Bonchev–Trinajstić information content (AvgIpc) is 2.33. The molecule has 1 rings (SSSR count). The van der Waals surface area contributed by atoms with E-state index in [0.717, 1.165) is 12.1 Å². The van der Waals surface area contributed by atoms with Crippen LogP contribution in [0.25, 0.3) is 0 Å². The number of ether oxygens (including phenoxy) is 1. The maximum Gasteiger partial charge on any atom is 0.573 e. The fourth-order valence-electron chi connectivity index (χ4n) is 1.26. The number of alkyl halides is 3. The highest BCUT2D eigenvalue weighted by molar-refractivity contribution is 5.93. The van der Waals surface area contributed by atoms with Crippen molar-refractivity contribution < 1.29 is 32.6 Å². The van der Waals surface area contributed by atoms with Crippen LogP contribution in [0.15, 0.2) is 36.4 Å². The summed E-state index contributed by atoms with van der Waals surface area (Å²) in [5.41, 5.74) is 0.113. The van der Waals surface area contributed by atoms with E-state index < -0.39 is 24.0 Å². The fraction of sp³-hybridized carbons (Fsp3) is 0.167. The molecule has 108 valence electrons. The van der Waals surface area contributed by atoms with Crippen LogP contribution in [0.2, 0.25) is 0 Å². The van der Waals surface area contributed by atoms with Gasteiger partial charge in [-0.3, -0.25) is 4.79 Å². The molecule has 2 N–H and O–H groups in total. The number of rotatable bonds is 5. The van der Waals surface area contributed by atoms with E-state index in [1.807, 2.05) is 0 Å². The van der Waals surface area contributed by atoms with E-state index in [-0.39, 0.29) is 12.1 Å². The van der Waals surface area contributed by atoms with Crippen molar-refractivity contribution in [2.24, 2.45) is 0 Å². The van der Waals surface area contributed by atoms with E-state index in [4.69, 9.17) is 5.11 Å². The molecule has 0 fully saturated rings. The number of para-hydroxylation sites is 1. The van der Waals surface area contributed by atoms with Gasteiger partial charge in [0.05, 0.1) is 0 Å². The molecule has 0 bridgehead atoms. The van der Waals surface area contributed by atoms with Crippen molar-refractivity contribution in [3.8, 4) is 5.75 Å². The molecular formula is C12H10F3NO4. The third kappa shape index (κ3) is 5.89. The highest BCUT2D eigenvalue weighted by Gasteiger charge is 2.31. The second kappa shape index (κ2) is 6.60. The molecular weight excluding hydrogens is 279 g/mol. The fourth-order valence-corrected chi connectivity index (χ4v) is 1.26. The summed E-state index contributed by atoms with van der Waals surface area (Å²) < 4.78 is 40.2. The predicted molar refractivity (Wildman–Crippen MR) is 61.7 cm³/mol. The lowest BCUT2D eigenvalue weighted by atomic mass is 10.2. The molecule has 0 unspecified atom stereocenters. The number of carbonyl (C=O) groups excluding carboxylic acids is 1. The minimum Gasteiger partial charge on any atom is -0.478 e.